The molecule has 104 valence electrons. The molecule has 0 fully saturated rings. The summed E-state index contributed by atoms with van der Waals surface area (Å²) in [5.74, 6) is -0.879. The van der Waals surface area contributed by atoms with Crippen molar-refractivity contribution in [3.05, 3.63) is 36.0 Å². The summed E-state index contributed by atoms with van der Waals surface area (Å²) in [6, 6.07) is 1.72. The molecule has 0 radical (unpaired) electrons. The Morgan fingerprint density at radius 3 is 2.85 bits per heavy atom. The van der Waals surface area contributed by atoms with Gasteiger partial charge in [0.1, 0.15) is 4.88 Å². The number of esters is 1. The lowest BCUT2D eigenvalue weighted by atomic mass is 10.2. The Hall–Kier alpha value is -2.41. The Morgan fingerprint density at radius 1 is 1.55 bits per heavy atom. The van der Waals surface area contributed by atoms with Gasteiger partial charge >= 0.3 is 5.97 Å². The molecule has 0 aliphatic carbocycles. The van der Waals surface area contributed by atoms with Gasteiger partial charge in [0.2, 0.25) is 5.91 Å². The van der Waals surface area contributed by atoms with Gasteiger partial charge in [-0.05, 0) is 12.1 Å². The van der Waals surface area contributed by atoms with E-state index in [1.54, 1.807) is 24.0 Å². The number of nitrogens with zero attached hydrogens (tertiary/aromatic N) is 2. The van der Waals surface area contributed by atoms with Crippen LogP contribution in [0.15, 0.2) is 31.1 Å². The minimum atomic E-state index is -0.496. The maximum atomic E-state index is 11.7. The molecule has 0 aliphatic heterocycles. The predicted octanol–water partition coefficient (Wildman–Crippen LogP) is 2.06. The molecule has 0 saturated heterocycles. The number of thiophene rings is 1. The van der Waals surface area contributed by atoms with Crippen LogP contribution >= 0.6 is 11.3 Å². The molecular formula is C13H13N3O3S. The first-order chi connectivity index (χ1) is 9.55. The molecule has 0 spiro atoms. The Bertz CT molecular complexity index is 672. The number of nitrogens with one attached hydrogen (secondary N) is 1. The van der Waals surface area contributed by atoms with Crippen LogP contribution in [0.3, 0.4) is 0 Å². The second-order valence-electron chi connectivity index (χ2n) is 3.94. The van der Waals surface area contributed by atoms with Crippen LogP contribution in [-0.4, -0.2) is 28.8 Å². The van der Waals surface area contributed by atoms with Gasteiger partial charge in [-0.1, -0.05) is 6.58 Å². The zero-order valence-corrected chi connectivity index (χ0v) is 11.9. The molecular weight excluding hydrogens is 278 g/mol. The summed E-state index contributed by atoms with van der Waals surface area (Å²) in [7, 11) is 3.10. The van der Waals surface area contributed by atoms with Gasteiger partial charge in [0.05, 0.1) is 19.0 Å². The number of carbonyl (C=O) groups is 2. The first-order valence-electron chi connectivity index (χ1n) is 5.69. The van der Waals surface area contributed by atoms with Gasteiger partial charge in [0, 0.05) is 23.7 Å². The van der Waals surface area contributed by atoms with Crippen LogP contribution in [-0.2, 0) is 16.6 Å². The van der Waals surface area contributed by atoms with E-state index in [1.165, 1.54) is 18.4 Å². The molecule has 2 aromatic rings. The molecule has 2 aromatic heterocycles. The number of hydrogen-bond acceptors (Lipinski definition) is 5. The molecule has 20 heavy (non-hydrogen) atoms. The third-order valence-electron chi connectivity index (χ3n) is 2.54. The Balaban J connectivity index is 2.43. The number of aromatic nitrogens is 2. The average molecular weight is 291 g/mol. The first-order valence-corrected chi connectivity index (χ1v) is 6.51. The third kappa shape index (κ3) is 2.77. The number of aryl methyl sites for hydroxylation is 1. The van der Waals surface area contributed by atoms with Crippen LogP contribution in [0.4, 0.5) is 5.69 Å². The highest BCUT2D eigenvalue weighted by Gasteiger charge is 2.19. The number of ether oxygens (including phenoxy) is 1. The molecule has 0 aliphatic rings. The van der Waals surface area contributed by atoms with E-state index >= 15 is 0 Å². The quantitative estimate of drug-likeness (QED) is 0.691. The summed E-state index contributed by atoms with van der Waals surface area (Å²) in [6.45, 7) is 3.38. The maximum Gasteiger partial charge on any atom is 0.350 e. The molecule has 0 unspecified atom stereocenters. The molecule has 7 heteroatoms. The highest BCUT2D eigenvalue weighted by molar-refractivity contribution is 7.18. The summed E-state index contributed by atoms with van der Waals surface area (Å²) < 4.78 is 6.38. The third-order valence-corrected chi connectivity index (χ3v) is 3.70. The Labute approximate surface area is 119 Å². The number of amides is 1. The van der Waals surface area contributed by atoms with E-state index in [2.05, 4.69) is 17.0 Å². The zero-order chi connectivity index (χ0) is 14.7. The predicted molar refractivity (Wildman–Crippen MR) is 76.7 cm³/mol. The van der Waals surface area contributed by atoms with Crippen molar-refractivity contribution in [1.82, 2.24) is 9.78 Å². The molecule has 0 atom stereocenters. The fraction of sp³-hybridized carbons (Fsp3) is 0.154. The molecule has 2 heterocycles. The highest BCUT2D eigenvalue weighted by Crippen LogP contribution is 2.35. The van der Waals surface area contributed by atoms with Gasteiger partial charge < -0.3 is 10.1 Å². The van der Waals surface area contributed by atoms with Crippen molar-refractivity contribution in [1.29, 1.82) is 0 Å². The Morgan fingerprint density at radius 2 is 2.30 bits per heavy atom. The van der Waals surface area contributed by atoms with Gasteiger partial charge in [-0.2, -0.15) is 5.10 Å². The number of hydrogen-bond donors (Lipinski definition) is 1. The SMILES string of the molecule is C=CC(=O)Nc1cc(-c2cnn(C)c2)sc1C(=O)OC. The normalized spacial score (nSPS) is 10.1. The van der Waals surface area contributed by atoms with Crippen LogP contribution in [0.25, 0.3) is 10.4 Å². The van der Waals surface area contributed by atoms with Crippen LogP contribution in [0.1, 0.15) is 9.67 Å². The van der Waals surface area contributed by atoms with E-state index in [0.29, 0.717) is 10.6 Å². The van der Waals surface area contributed by atoms with Gasteiger partial charge in [0.15, 0.2) is 0 Å². The van der Waals surface area contributed by atoms with Crippen LogP contribution in [0.2, 0.25) is 0 Å². The minimum Gasteiger partial charge on any atom is -0.465 e. The second kappa shape index (κ2) is 5.70. The van der Waals surface area contributed by atoms with Crippen molar-refractivity contribution < 1.29 is 14.3 Å². The molecule has 1 N–H and O–H groups in total. The molecule has 2 rings (SSSR count). The summed E-state index contributed by atoms with van der Waals surface area (Å²) in [5, 5.41) is 6.68. The van der Waals surface area contributed by atoms with E-state index in [9.17, 15) is 9.59 Å². The summed E-state index contributed by atoms with van der Waals surface area (Å²) in [4.78, 5) is 24.3. The number of anilines is 1. The molecule has 1 amide bonds. The largest absolute Gasteiger partial charge is 0.465 e. The zero-order valence-electron chi connectivity index (χ0n) is 11.0. The van der Waals surface area contributed by atoms with Crippen molar-refractivity contribution >= 4 is 28.9 Å². The molecule has 0 aromatic carbocycles. The first kappa shape index (κ1) is 14.0. The highest BCUT2D eigenvalue weighted by atomic mass is 32.1. The standard InChI is InChI=1S/C13H13N3O3S/c1-4-11(17)15-9-5-10(8-6-14-16(2)7-8)20-12(9)13(18)19-3/h4-7H,1H2,2-3H3,(H,15,17). The average Bonchev–Trinajstić information content (AvgIpc) is 3.04. The topological polar surface area (TPSA) is 73.2 Å². The summed E-state index contributed by atoms with van der Waals surface area (Å²) in [5.41, 5.74) is 1.27. The van der Waals surface area contributed by atoms with Crippen molar-refractivity contribution in [3.8, 4) is 10.4 Å². The minimum absolute atomic E-state index is 0.335. The lowest BCUT2D eigenvalue weighted by Crippen LogP contribution is -2.10. The van der Waals surface area contributed by atoms with Crippen molar-refractivity contribution in [2.24, 2.45) is 7.05 Å². The van der Waals surface area contributed by atoms with E-state index in [0.717, 1.165) is 16.5 Å². The van der Waals surface area contributed by atoms with E-state index in [1.807, 2.05) is 6.20 Å². The molecule has 0 saturated carbocycles. The van der Waals surface area contributed by atoms with E-state index in [4.69, 9.17) is 4.74 Å². The lowest BCUT2D eigenvalue weighted by Gasteiger charge is -2.01. The molecule has 0 bridgehead atoms. The fourth-order valence-corrected chi connectivity index (χ4v) is 2.61. The Kier molecular flexibility index (Phi) is 3.99. The summed E-state index contributed by atoms with van der Waals surface area (Å²) >= 11 is 1.23. The lowest BCUT2D eigenvalue weighted by molar-refractivity contribution is -0.111. The van der Waals surface area contributed by atoms with Crippen molar-refractivity contribution in [3.63, 3.8) is 0 Å². The maximum absolute atomic E-state index is 11.7. The van der Waals surface area contributed by atoms with Crippen LogP contribution in [0, 0.1) is 0 Å². The number of methoxy groups -OCH3 is 1. The number of rotatable bonds is 4. The van der Waals surface area contributed by atoms with E-state index < -0.39 is 5.97 Å². The van der Waals surface area contributed by atoms with Gasteiger partial charge in [-0.3, -0.25) is 9.48 Å². The molecule has 6 nitrogen and oxygen atoms in total. The van der Waals surface area contributed by atoms with Crippen molar-refractivity contribution in [2.75, 3.05) is 12.4 Å². The van der Waals surface area contributed by atoms with Gasteiger partial charge in [-0.25, -0.2) is 4.79 Å². The monoisotopic (exact) mass is 291 g/mol. The number of carbonyl (C=O) groups excluding carboxylic acids is 2. The van der Waals surface area contributed by atoms with Crippen LogP contribution < -0.4 is 5.32 Å². The fourth-order valence-electron chi connectivity index (χ4n) is 1.60. The van der Waals surface area contributed by atoms with Gasteiger partial charge in [0.25, 0.3) is 0 Å². The second-order valence-corrected chi connectivity index (χ2v) is 4.99. The van der Waals surface area contributed by atoms with Crippen molar-refractivity contribution in [2.45, 2.75) is 0 Å². The van der Waals surface area contributed by atoms with Gasteiger partial charge in [-0.15, -0.1) is 11.3 Å². The van der Waals surface area contributed by atoms with E-state index in [-0.39, 0.29) is 5.91 Å². The van der Waals surface area contributed by atoms with Crippen LogP contribution in [0.5, 0.6) is 0 Å². The summed E-state index contributed by atoms with van der Waals surface area (Å²) in [6.07, 6.45) is 4.65. The smallest absolute Gasteiger partial charge is 0.350 e.